The Kier molecular flexibility index (Phi) is 1.94. The van der Waals surface area contributed by atoms with Crippen LogP contribution in [0.25, 0.3) is 0 Å². The first-order chi connectivity index (χ1) is 3.18. The number of rotatable bonds is 0. The maximum absolute atomic E-state index is 8.12. The van der Waals surface area contributed by atoms with Crippen LogP contribution in [0.3, 0.4) is 0 Å². The summed E-state index contributed by atoms with van der Waals surface area (Å²) in [6, 6.07) is 1.92. The van der Waals surface area contributed by atoms with E-state index in [-0.39, 0.29) is 0 Å². The van der Waals surface area contributed by atoms with Crippen LogP contribution in [0.1, 0.15) is 13.8 Å². The highest BCUT2D eigenvalue weighted by molar-refractivity contribution is 5.21. The van der Waals surface area contributed by atoms with E-state index in [2.05, 4.69) is 0 Å². The van der Waals surface area contributed by atoms with Gasteiger partial charge in [0.2, 0.25) is 0 Å². The lowest BCUT2D eigenvalue weighted by Gasteiger charge is -1.85. The molecule has 0 atom stereocenters. The van der Waals surface area contributed by atoms with Crippen molar-refractivity contribution in [2.45, 2.75) is 13.8 Å². The lowest BCUT2D eigenvalue weighted by Crippen LogP contribution is -1.92. The fourth-order valence-corrected chi connectivity index (χ4v) is 0.0882. The molecule has 2 N–H and O–H groups in total. The van der Waals surface area contributed by atoms with E-state index >= 15 is 0 Å². The second-order valence-corrected chi connectivity index (χ2v) is 1.42. The molecule has 2 nitrogen and oxygen atoms in total. The van der Waals surface area contributed by atoms with Crippen LogP contribution in [0, 0.1) is 11.3 Å². The van der Waals surface area contributed by atoms with Crippen molar-refractivity contribution in [3.63, 3.8) is 0 Å². The molecule has 0 bridgehead atoms. The van der Waals surface area contributed by atoms with Crippen molar-refractivity contribution in [2.24, 2.45) is 5.73 Å². The summed E-state index contributed by atoms with van der Waals surface area (Å²) in [5.41, 5.74) is 6.40. The van der Waals surface area contributed by atoms with Gasteiger partial charge in [0.1, 0.15) is 0 Å². The van der Waals surface area contributed by atoms with E-state index in [9.17, 15) is 0 Å². The normalized spacial score (nSPS) is 12.1. The summed E-state index contributed by atoms with van der Waals surface area (Å²) in [6.45, 7) is 3.40. The number of nitrogens with two attached hydrogens (primary N) is 1. The molecule has 0 radical (unpaired) electrons. The summed E-state index contributed by atoms with van der Waals surface area (Å²) in [5.74, 6) is 0. The van der Waals surface area contributed by atoms with E-state index in [4.69, 9.17) is 11.0 Å². The van der Waals surface area contributed by atoms with E-state index in [1.807, 2.05) is 6.07 Å². The van der Waals surface area contributed by atoms with E-state index in [0.29, 0.717) is 11.3 Å². The molecule has 0 aromatic rings. The Labute approximate surface area is 43.2 Å². The van der Waals surface area contributed by atoms with Crippen LogP contribution < -0.4 is 5.73 Å². The van der Waals surface area contributed by atoms with Crippen LogP contribution in [-0.4, -0.2) is 0 Å². The van der Waals surface area contributed by atoms with Crippen molar-refractivity contribution >= 4 is 0 Å². The van der Waals surface area contributed by atoms with Gasteiger partial charge in [-0.3, -0.25) is 0 Å². The third-order valence-corrected chi connectivity index (χ3v) is 0.759. The first kappa shape index (κ1) is 6.03. The zero-order chi connectivity index (χ0) is 5.86. The van der Waals surface area contributed by atoms with Gasteiger partial charge in [-0.15, -0.1) is 0 Å². The Morgan fingerprint density at radius 1 is 1.57 bits per heavy atom. The molecule has 7 heavy (non-hydrogen) atoms. The summed E-state index contributed by atoms with van der Waals surface area (Å²) in [4.78, 5) is 0. The highest BCUT2D eigenvalue weighted by Gasteiger charge is 1.83. The first-order valence-corrected chi connectivity index (χ1v) is 2.01. The highest BCUT2D eigenvalue weighted by Crippen LogP contribution is 1.90. The van der Waals surface area contributed by atoms with E-state index < -0.39 is 0 Å². The topological polar surface area (TPSA) is 49.8 Å². The van der Waals surface area contributed by atoms with Gasteiger partial charge in [0.15, 0.2) is 0 Å². The molecule has 0 aliphatic carbocycles. The van der Waals surface area contributed by atoms with Crippen molar-refractivity contribution < 1.29 is 0 Å². The molecule has 0 saturated heterocycles. The highest BCUT2D eigenvalue weighted by atomic mass is 14.6. The van der Waals surface area contributed by atoms with Crippen molar-refractivity contribution in [1.29, 1.82) is 5.26 Å². The van der Waals surface area contributed by atoms with E-state index in [1.54, 1.807) is 13.8 Å². The summed E-state index contributed by atoms with van der Waals surface area (Å²) < 4.78 is 0. The van der Waals surface area contributed by atoms with Gasteiger partial charge in [-0.25, -0.2) is 0 Å². The number of hydrogen-bond acceptors (Lipinski definition) is 2. The predicted molar refractivity (Wildman–Crippen MR) is 28.2 cm³/mol. The Morgan fingerprint density at radius 2 is 2.00 bits per heavy atom. The molecule has 0 fully saturated rings. The van der Waals surface area contributed by atoms with Gasteiger partial charge in [0.05, 0.1) is 6.07 Å². The minimum atomic E-state index is 0.597. The minimum absolute atomic E-state index is 0.597. The van der Waals surface area contributed by atoms with Crippen LogP contribution in [0.15, 0.2) is 11.3 Å². The van der Waals surface area contributed by atoms with Gasteiger partial charge < -0.3 is 5.73 Å². The molecule has 0 rings (SSSR count). The second-order valence-electron chi connectivity index (χ2n) is 1.42. The molecule has 0 amide bonds. The number of nitrogens with zero attached hydrogens (tertiary/aromatic N) is 1. The van der Waals surface area contributed by atoms with Crippen molar-refractivity contribution in [2.75, 3.05) is 0 Å². The molecule has 0 spiro atoms. The smallest absolute Gasteiger partial charge is 0.0962 e. The van der Waals surface area contributed by atoms with Crippen LogP contribution >= 0.6 is 0 Å². The van der Waals surface area contributed by atoms with Gasteiger partial charge in [-0.1, -0.05) is 0 Å². The SMILES string of the molecule is CC(N)=C(C)C#N. The molecule has 0 aliphatic heterocycles. The summed E-state index contributed by atoms with van der Waals surface area (Å²) in [6.07, 6.45) is 0. The second kappa shape index (κ2) is 2.25. The molecule has 38 valence electrons. The zero-order valence-corrected chi connectivity index (χ0v) is 4.52. The Hall–Kier alpha value is -0.970. The molecule has 0 aromatic heterocycles. The molecule has 0 saturated carbocycles. The first-order valence-electron chi connectivity index (χ1n) is 2.01. The van der Waals surface area contributed by atoms with Crippen LogP contribution in [0.4, 0.5) is 0 Å². The summed E-state index contributed by atoms with van der Waals surface area (Å²) >= 11 is 0. The average molecular weight is 96.1 g/mol. The van der Waals surface area contributed by atoms with E-state index in [1.165, 1.54) is 0 Å². The molecule has 0 aliphatic rings. The number of nitriles is 1. The maximum Gasteiger partial charge on any atom is 0.0962 e. The molecular formula is C5H8N2. The molecular weight excluding hydrogens is 88.1 g/mol. The largest absolute Gasteiger partial charge is 0.401 e. The fraction of sp³-hybridized carbons (Fsp3) is 0.400. The standard InChI is InChI=1S/C5H8N2/c1-4(3-6)5(2)7/h7H2,1-2H3. The molecule has 0 aromatic carbocycles. The Bertz CT molecular complexity index is 124. The minimum Gasteiger partial charge on any atom is -0.401 e. The Morgan fingerprint density at radius 3 is 2.00 bits per heavy atom. The van der Waals surface area contributed by atoms with Crippen molar-refractivity contribution in [3.8, 4) is 6.07 Å². The lowest BCUT2D eigenvalue weighted by molar-refractivity contribution is 1.24. The summed E-state index contributed by atoms with van der Waals surface area (Å²) in [7, 11) is 0. The predicted octanol–water partition coefficient (Wildman–Crippen LogP) is 0.763. The average Bonchev–Trinajstić information content (AvgIpc) is 1.65. The van der Waals surface area contributed by atoms with Crippen LogP contribution in [-0.2, 0) is 0 Å². The third-order valence-electron chi connectivity index (χ3n) is 0.759. The molecule has 0 heterocycles. The number of allylic oxidation sites excluding steroid dienone is 2. The van der Waals surface area contributed by atoms with Crippen LogP contribution in [0.2, 0.25) is 0 Å². The van der Waals surface area contributed by atoms with Crippen molar-refractivity contribution in [1.82, 2.24) is 0 Å². The van der Waals surface area contributed by atoms with Gasteiger partial charge in [-0.2, -0.15) is 5.26 Å². The van der Waals surface area contributed by atoms with Gasteiger partial charge in [0.25, 0.3) is 0 Å². The summed E-state index contributed by atoms with van der Waals surface area (Å²) in [5, 5.41) is 8.12. The van der Waals surface area contributed by atoms with Gasteiger partial charge in [-0.05, 0) is 13.8 Å². The molecule has 2 heteroatoms. The quantitative estimate of drug-likeness (QED) is 0.452. The third kappa shape index (κ3) is 1.83. The van der Waals surface area contributed by atoms with Gasteiger partial charge in [0, 0.05) is 11.3 Å². The fourth-order valence-electron chi connectivity index (χ4n) is 0.0882. The Balaban J connectivity index is 4.07. The molecule has 0 unspecified atom stereocenters. The monoisotopic (exact) mass is 96.1 g/mol. The number of hydrogen-bond donors (Lipinski definition) is 1. The van der Waals surface area contributed by atoms with E-state index in [0.717, 1.165) is 0 Å². The maximum atomic E-state index is 8.12. The zero-order valence-electron chi connectivity index (χ0n) is 4.52. The van der Waals surface area contributed by atoms with Crippen molar-refractivity contribution in [3.05, 3.63) is 11.3 Å². The van der Waals surface area contributed by atoms with Crippen LogP contribution in [0.5, 0.6) is 0 Å². The van der Waals surface area contributed by atoms with Gasteiger partial charge >= 0.3 is 0 Å². The lowest BCUT2D eigenvalue weighted by atomic mass is 10.3.